The molecule has 0 saturated carbocycles. The van der Waals surface area contributed by atoms with Crippen LogP contribution >= 0.6 is 0 Å². The van der Waals surface area contributed by atoms with Crippen LogP contribution in [0.1, 0.15) is 31.4 Å². The summed E-state index contributed by atoms with van der Waals surface area (Å²) >= 11 is 0. The van der Waals surface area contributed by atoms with Crippen molar-refractivity contribution in [2.24, 2.45) is 0 Å². The molecular weight excluding hydrogens is 312 g/mol. The minimum absolute atomic E-state index is 0.00671. The quantitative estimate of drug-likeness (QED) is 0.856. The highest BCUT2D eigenvalue weighted by molar-refractivity contribution is 7.89. The Morgan fingerprint density at radius 3 is 2.61 bits per heavy atom. The Hall–Kier alpha value is -1.73. The fourth-order valence-electron chi connectivity index (χ4n) is 3.83. The second-order valence-corrected chi connectivity index (χ2v) is 8.08. The largest absolute Gasteiger partial charge is 0.313 e. The maximum atomic E-state index is 13.1. The molecule has 1 aromatic heterocycles. The van der Waals surface area contributed by atoms with Gasteiger partial charge in [0.2, 0.25) is 10.0 Å². The minimum Gasteiger partial charge on any atom is -0.313 e. The first-order chi connectivity index (χ1) is 11.1. The molecule has 2 aliphatic rings. The number of hydrogen-bond donors (Lipinski definition) is 0. The Morgan fingerprint density at radius 2 is 1.87 bits per heavy atom. The molecule has 0 unspecified atom stereocenters. The molecule has 4 rings (SSSR count). The highest BCUT2D eigenvalue weighted by Gasteiger charge is 2.45. The monoisotopic (exact) mass is 332 g/mol. The van der Waals surface area contributed by atoms with Crippen LogP contribution in [0.3, 0.4) is 0 Å². The Kier molecular flexibility index (Phi) is 3.50. The lowest BCUT2D eigenvalue weighted by atomic mass is 10.1. The predicted octanol–water partition coefficient (Wildman–Crippen LogP) is 1.62. The molecule has 2 bridgehead atoms. The highest BCUT2D eigenvalue weighted by atomic mass is 32.2. The lowest BCUT2D eigenvalue weighted by Crippen LogP contribution is -2.42. The van der Waals surface area contributed by atoms with E-state index in [4.69, 9.17) is 0 Å². The number of sulfonamides is 1. The van der Waals surface area contributed by atoms with Crippen LogP contribution in [-0.2, 0) is 29.4 Å². The van der Waals surface area contributed by atoms with E-state index in [0.29, 0.717) is 17.9 Å². The lowest BCUT2D eigenvalue weighted by Gasteiger charge is -2.27. The lowest BCUT2D eigenvalue weighted by molar-refractivity contribution is 0.314. The molecule has 2 aliphatic heterocycles. The fourth-order valence-corrected chi connectivity index (χ4v) is 5.71. The van der Waals surface area contributed by atoms with Gasteiger partial charge in [-0.2, -0.15) is 4.31 Å². The van der Waals surface area contributed by atoms with E-state index < -0.39 is 10.0 Å². The molecule has 0 amide bonds. The summed E-state index contributed by atoms with van der Waals surface area (Å²) in [6.45, 7) is 2.72. The third kappa shape index (κ3) is 2.30. The summed E-state index contributed by atoms with van der Waals surface area (Å²) in [6.07, 6.45) is 3.26. The van der Waals surface area contributed by atoms with Gasteiger partial charge in [0.25, 0.3) is 0 Å². The smallest absolute Gasteiger partial charge is 0.243 e. The van der Waals surface area contributed by atoms with E-state index in [1.165, 1.54) is 0 Å². The highest BCUT2D eigenvalue weighted by Crippen LogP contribution is 2.36. The number of nitrogens with zero attached hydrogens (tertiary/aromatic N) is 4. The molecule has 2 aromatic rings. The van der Waals surface area contributed by atoms with Crippen LogP contribution in [-0.4, -0.2) is 39.6 Å². The molecule has 122 valence electrons. The SMILES string of the molecule is CCc1nnc2n1C[C@H]1CC[C@@H](C2)N1S(=O)(=O)c1ccccc1. The molecule has 0 radical (unpaired) electrons. The van der Waals surface area contributed by atoms with Crippen molar-refractivity contribution in [3.05, 3.63) is 42.0 Å². The summed E-state index contributed by atoms with van der Waals surface area (Å²) < 4.78 is 30.1. The van der Waals surface area contributed by atoms with Crippen molar-refractivity contribution in [2.45, 2.75) is 56.1 Å². The molecule has 6 nitrogen and oxygen atoms in total. The van der Waals surface area contributed by atoms with Gasteiger partial charge in [-0.25, -0.2) is 8.42 Å². The van der Waals surface area contributed by atoms with Crippen molar-refractivity contribution in [3.63, 3.8) is 0 Å². The van der Waals surface area contributed by atoms with Gasteiger partial charge in [-0.15, -0.1) is 10.2 Å². The van der Waals surface area contributed by atoms with E-state index in [1.807, 2.05) is 6.07 Å². The van der Waals surface area contributed by atoms with Gasteiger partial charge in [-0.05, 0) is 25.0 Å². The van der Waals surface area contributed by atoms with Crippen molar-refractivity contribution >= 4 is 10.0 Å². The standard InChI is InChI=1S/C16H20N4O2S/c1-2-15-17-18-16-10-12-8-9-13(11-19(15)16)20(12)23(21,22)14-6-4-3-5-7-14/h3-7,12-13H,2,8-11H2,1H3/t12-,13+/m0/s1. The van der Waals surface area contributed by atoms with Crippen molar-refractivity contribution in [3.8, 4) is 0 Å². The van der Waals surface area contributed by atoms with Gasteiger partial charge in [0, 0.05) is 31.5 Å². The maximum Gasteiger partial charge on any atom is 0.243 e. The fraction of sp³-hybridized carbons (Fsp3) is 0.500. The predicted molar refractivity (Wildman–Crippen MR) is 85.4 cm³/mol. The van der Waals surface area contributed by atoms with Crippen LogP contribution in [0.25, 0.3) is 0 Å². The Labute approximate surface area is 136 Å². The summed E-state index contributed by atoms with van der Waals surface area (Å²) in [5.74, 6) is 1.87. The molecule has 2 atom stereocenters. The molecule has 23 heavy (non-hydrogen) atoms. The second-order valence-electron chi connectivity index (χ2n) is 6.23. The summed E-state index contributed by atoms with van der Waals surface area (Å²) in [4.78, 5) is 0.380. The third-order valence-electron chi connectivity index (χ3n) is 4.90. The molecule has 0 N–H and O–H groups in total. The first-order valence-corrected chi connectivity index (χ1v) is 9.55. The first kappa shape index (κ1) is 14.8. The van der Waals surface area contributed by atoms with E-state index >= 15 is 0 Å². The number of fused-ring (bicyclic) bond motifs is 3. The van der Waals surface area contributed by atoms with Crippen LogP contribution in [0.5, 0.6) is 0 Å². The summed E-state index contributed by atoms with van der Waals surface area (Å²) in [7, 11) is -3.46. The molecule has 7 heteroatoms. The zero-order valence-corrected chi connectivity index (χ0v) is 13.9. The second kappa shape index (κ2) is 5.42. The van der Waals surface area contributed by atoms with E-state index in [0.717, 1.165) is 30.9 Å². The molecule has 0 spiro atoms. The van der Waals surface area contributed by atoms with Gasteiger partial charge in [0.05, 0.1) is 4.90 Å². The van der Waals surface area contributed by atoms with E-state index in [1.54, 1.807) is 28.6 Å². The normalized spacial score (nSPS) is 24.4. The van der Waals surface area contributed by atoms with Gasteiger partial charge in [-0.1, -0.05) is 25.1 Å². The van der Waals surface area contributed by atoms with Crippen LogP contribution in [0, 0.1) is 0 Å². The van der Waals surface area contributed by atoms with Gasteiger partial charge in [-0.3, -0.25) is 0 Å². The molecule has 1 aromatic carbocycles. The van der Waals surface area contributed by atoms with Crippen molar-refractivity contribution in [1.82, 2.24) is 19.1 Å². The number of hydrogen-bond acceptors (Lipinski definition) is 4. The first-order valence-electron chi connectivity index (χ1n) is 8.10. The zero-order valence-electron chi connectivity index (χ0n) is 13.1. The van der Waals surface area contributed by atoms with Crippen LogP contribution in [0.2, 0.25) is 0 Å². The zero-order chi connectivity index (χ0) is 16.0. The van der Waals surface area contributed by atoms with Gasteiger partial charge in [0.1, 0.15) is 11.6 Å². The van der Waals surface area contributed by atoms with Gasteiger partial charge >= 0.3 is 0 Å². The third-order valence-corrected chi connectivity index (χ3v) is 6.92. The van der Waals surface area contributed by atoms with Crippen LogP contribution in [0.4, 0.5) is 0 Å². The average molecular weight is 332 g/mol. The number of aromatic nitrogens is 3. The number of benzene rings is 1. The summed E-state index contributed by atoms with van der Waals surface area (Å²) in [5.41, 5.74) is 0. The Balaban J connectivity index is 1.74. The molecular formula is C16H20N4O2S. The van der Waals surface area contributed by atoms with Crippen LogP contribution in [0.15, 0.2) is 35.2 Å². The molecule has 3 heterocycles. The van der Waals surface area contributed by atoms with Crippen molar-refractivity contribution < 1.29 is 8.42 Å². The minimum atomic E-state index is -3.46. The van der Waals surface area contributed by atoms with Crippen molar-refractivity contribution in [1.29, 1.82) is 0 Å². The van der Waals surface area contributed by atoms with Crippen molar-refractivity contribution in [2.75, 3.05) is 0 Å². The van der Waals surface area contributed by atoms with Gasteiger partial charge in [0.15, 0.2) is 0 Å². The van der Waals surface area contributed by atoms with E-state index in [-0.39, 0.29) is 12.1 Å². The van der Waals surface area contributed by atoms with E-state index in [9.17, 15) is 8.42 Å². The summed E-state index contributed by atoms with van der Waals surface area (Å²) in [6, 6.07) is 8.72. The Bertz CT molecular complexity index is 816. The molecule has 1 fully saturated rings. The number of aryl methyl sites for hydroxylation is 1. The van der Waals surface area contributed by atoms with Gasteiger partial charge < -0.3 is 4.57 Å². The summed E-state index contributed by atoms with van der Waals surface area (Å²) in [5, 5.41) is 8.53. The molecule has 0 aliphatic carbocycles. The van der Waals surface area contributed by atoms with Crippen LogP contribution < -0.4 is 0 Å². The maximum absolute atomic E-state index is 13.1. The molecule has 1 saturated heterocycles. The number of rotatable bonds is 3. The topological polar surface area (TPSA) is 68.1 Å². The average Bonchev–Trinajstić information content (AvgIpc) is 3.08. The van der Waals surface area contributed by atoms with E-state index in [2.05, 4.69) is 21.7 Å². The Morgan fingerprint density at radius 1 is 1.13 bits per heavy atom.